The third-order valence-corrected chi connectivity index (χ3v) is 9.66. The Labute approximate surface area is 292 Å². The molecule has 0 bridgehead atoms. The number of nitrogens with zero attached hydrogens (tertiary/aromatic N) is 1. The summed E-state index contributed by atoms with van der Waals surface area (Å²) in [6.07, 6.45) is 1.99. The first-order valence-electron chi connectivity index (χ1n) is 17.1. The van der Waals surface area contributed by atoms with Crippen molar-refractivity contribution in [2.45, 2.75) is 0 Å². The molecule has 0 atom stereocenters. The highest BCUT2D eigenvalue weighted by Gasteiger charge is 2.15. The van der Waals surface area contributed by atoms with E-state index in [1.165, 1.54) is 60.5 Å². The van der Waals surface area contributed by atoms with Crippen molar-refractivity contribution in [3.8, 4) is 66.9 Å². The van der Waals surface area contributed by atoms with Gasteiger partial charge in [0.2, 0.25) is 0 Å². The van der Waals surface area contributed by atoms with Gasteiger partial charge in [0.05, 0.1) is 5.69 Å². The fraction of sp³-hybridized carbons (Fsp3) is 0. The predicted octanol–water partition coefficient (Wildman–Crippen LogP) is 13.4. The van der Waals surface area contributed by atoms with E-state index in [1.807, 2.05) is 12.3 Å². The van der Waals surface area contributed by atoms with Crippen LogP contribution in [0.5, 0.6) is 0 Å². The van der Waals surface area contributed by atoms with E-state index in [1.54, 1.807) is 0 Å². The van der Waals surface area contributed by atoms with Crippen molar-refractivity contribution >= 4 is 21.5 Å². The Kier molecular flexibility index (Phi) is 7.57. The summed E-state index contributed by atoms with van der Waals surface area (Å²) in [5.41, 5.74) is 13.8. The maximum atomic E-state index is 5.04. The molecule has 0 amide bonds. The van der Waals surface area contributed by atoms with Crippen LogP contribution in [0.4, 0.5) is 0 Å². The molecule has 0 aliphatic carbocycles. The molecule has 0 N–H and O–H groups in total. The highest BCUT2D eigenvalue weighted by Crippen LogP contribution is 2.40. The molecule has 0 saturated heterocycles. The molecule has 0 unspecified atom stereocenters. The van der Waals surface area contributed by atoms with E-state index in [0.717, 1.165) is 27.9 Å². The molecule has 1 heteroatoms. The number of rotatable bonds is 6. The molecular formula is C49H33N. The number of fused-ring (bicyclic) bond motifs is 3. The number of aromatic nitrogens is 1. The molecule has 0 fully saturated rings. The molecule has 8 aromatic carbocycles. The molecule has 9 rings (SSSR count). The minimum Gasteiger partial charge on any atom is -0.256 e. The van der Waals surface area contributed by atoms with Gasteiger partial charge in [0.15, 0.2) is 0 Å². The van der Waals surface area contributed by atoms with Crippen molar-refractivity contribution in [2.75, 3.05) is 0 Å². The van der Waals surface area contributed by atoms with Gasteiger partial charge in [-0.3, -0.25) is 4.98 Å². The molecule has 9 aromatic rings. The van der Waals surface area contributed by atoms with Gasteiger partial charge in [-0.25, -0.2) is 0 Å². The van der Waals surface area contributed by atoms with Crippen LogP contribution in [0.3, 0.4) is 0 Å². The maximum Gasteiger partial charge on any atom is 0.0702 e. The molecular weight excluding hydrogens is 603 g/mol. The zero-order valence-corrected chi connectivity index (χ0v) is 27.5. The average molecular weight is 636 g/mol. The molecule has 234 valence electrons. The SMILES string of the molecule is c1ccc(-c2ccc(-c3cc(-c4cc(-c5ccccc5)cc(-c5ccccc5)c4)cc(-c4cc5ccccc5c5ccccc45)c3)nc2)cc1. The Morgan fingerprint density at radius 1 is 0.260 bits per heavy atom. The number of hydrogen-bond acceptors (Lipinski definition) is 1. The second-order valence-corrected chi connectivity index (χ2v) is 12.8. The quantitative estimate of drug-likeness (QED) is 0.166. The molecule has 0 spiro atoms. The maximum absolute atomic E-state index is 5.04. The van der Waals surface area contributed by atoms with Crippen LogP contribution in [0.15, 0.2) is 200 Å². The van der Waals surface area contributed by atoms with Crippen molar-refractivity contribution in [1.82, 2.24) is 4.98 Å². The first-order valence-corrected chi connectivity index (χ1v) is 17.1. The van der Waals surface area contributed by atoms with Crippen LogP contribution < -0.4 is 0 Å². The number of hydrogen-bond donors (Lipinski definition) is 0. The Bertz CT molecular complexity index is 2550. The molecule has 0 aliphatic rings. The summed E-state index contributed by atoms with van der Waals surface area (Å²) in [5, 5.41) is 5.00. The van der Waals surface area contributed by atoms with E-state index in [9.17, 15) is 0 Å². The van der Waals surface area contributed by atoms with Gasteiger partial charge in [-0.15, -0.1) is 0 Å². The van der Waals surface area contributed by atoms with E-state index in [2.05, 4.69) is 188 Å². The lowest BCUT2D eigenvalue weighted by Crippen LogP contribution is -1.91. The normalized spacial score (nSPS) is 11.2. The highest BCUT2D eigenvalue weighted by molar-refractivity contribution is 6.14. The van der Waals surface area contributed by atoms with Crippen molar-refractivity contribution < 1.29 is 0 Å². The van der Waals surface area contributed by atoms with Crippen LogP contribution in [0.1, 0.15) is 0 Å². The fourth-order valence-electron chi connectivity index (χ4n) is 7.15. The summed E-state index contributed by atoms with van der Waals surface area (Å²) >= 11 is 0. The van der Waals surface area contributed by atoms with E-state index < -0.39 is 0 Å². The van der Waals surface area contributed by atoms with Gasteiger partial charge in [-0.05, 0) is 120 Å². The minimum atomic E-state index is 0.945. The van der Waals surface area contributed by atoms with Gasteiger partial charge in [-0.2, -0.15) is 0 Å². The van der Waals surface area contributed by atoms with Crippen LogP contribution in [0, 0.1) is 0 Å². The number of pyridine rings is 1. The lowest BCUT2D eigenvalue weighted by Gasteiger charge is -2.16. The fourth-order valence-corrected chi connectivity index (χ4v) is 7.15. The van der Waals surface area contributed by atoms with Gasteiger partial charge < -0.3 is 0 Å². The Balaban J connectivity index is 1.28. The van der Waals surface area contributed by atoms with Crippen molar-refractivity contribution in [1.29, 1.82) is 0 Å². The minimum absolute atomic E-state index is 0.945. The van der Waals surface area contributed by atoms with Crippen molar-refractivity contribution in [3.05, 3.63) is 200 Å². The Hall–Kier alpha value is -6.57. The second-order valence-electron chi connectivity index (χ2n) is 12.8. The van der Waals surface area contributed by atoms with Crippen LogP contribution in [0.2, 0.25) is 0 Å². The summed E-state index contributed by atoms with van der Waals surface area (Å²) < 4.78 is 0. The lowest BCUT2D eigenvalue weighted by molar-refractivity contribution is 1.32. The summed E-state index contributed by atoms with van der Waals surface area (Å²) in [4.78, 5) is 5.04. The van der Waals surface area contributed by atoms with Crippen LogP contribution in [-0.4, -0.2) is 4.98 Å². The standard InChI is InChI=1S/C49H33N/c1-4-14-34(15-5-1)38-24-25-49(50-33-38)44-30-42(29-43(31-44)48-32-37-20-10-11-21-45(37)46-22-12-13-23-47(46)48)41-27-39(35-16-6-2-7-17-35)26-40(28-41)36-18-8-3-9-19-36/h1-33H. The monoisotopic (exact) mass is 635 g/mol. The molecule has 0 aliphatic heterocycles. The predicted molar refractivity (Wildman–Crippen MR) is 212 cm³/mol. The topological polar surface area (TPSA) is 12.9 Å². The Morgan fingerprint density at radius 3 is 1.28 bits per heavy atom. The van der Waals surface area contributed by atoms with Gasteiger partial charge in [0, 0.05) is 17.3 Å². The molecule has 1 nitrogen and oxygen atoms in total. The molecule has 0 radical (unpaired) electrons. The largest absolute Gasteiger partial charge is 0.256 e. The zero-order chi connectivity index (χ0) is 33.3. The first kappa shape index (κ1) is 29.6. The number of benzene rings is 8. The smallest absolute Gasteiger partial charge is 0.0702 e. The Morgan fingerprint density at radius 2 is 0.700 bits per heavy atom. The lowest BCUT2D eigenvalue weighted by atomic mass is 9.88. The summed E-state index contributed by atoms with van der Waals surface area (Å²) in [7, 11) is 0. The van der Waals surface area contributed by atoms with Gasteiger partial charge >= 0.3 is 0 Å². The third kappa shape index (κ3) is 5.66. The summed E-state index contributed by atoms with van der Waals surface area (Å²) in [6.45, 7) is 0. The van der Waals surface area contributed by atoms with E-state index in [-0.39, 0.29) is 0 Å². The highest BCUT2D eigenvalue weighted by atomic mass is 14.7. The first-order chi connectivity index (χ1) is 24.8. The van der Waals surface area contributed by atoms with E-state index >= 15 is 0 Å². The van der Waals surface area contributed by atoms with Gasteiger partial charge in [0.1, 0.15) is 0 Å². The average Bonchev–Trinajstić information content (AvgIpc) is 3.21. The van der Waals surface area contributed by atoms with Crippen molar-refractivity contribution in [2.24, 2.45) is 0 Å². The summed E-state index contributed by atoms with van der Waals surface area (Å²) in [5.74, 6) is 0. The third-order valence-electron chi connectivity index (χ3n) is 9.66. The summed E-state index contributed by atoms with van der Waals surface area (Å²) in [6, 6.07) is 69.9. The molecule has 0 saturated carbocycles. The van der Waals surface area contributed by atoms with Crippen LogP contribution >= 0.6 is 0 Å². The van der Waals surface area contributed by atoms with Gasteiger partial charge in [0.25, 0.3) is 0 Å². The van der Waals surface area contributed by atoms with Gasteiger partial charge in [-0.1, -0.05) is 146 Å². The second kappa shape index (κ2) is 12.8. The van der Waals surface area contributed by atoms with Crippen molar-refractivity contribution in [3.63, 3.8) is 0 Å². The molecule has 1 heterocycles. The molecule has 1 aromatic heterocycles. The van der Waals surface area contributed by atoms with Crippen LogP contribution in [-0.2, 0) is 0 Å². The van der Waals surface area contributed by atoms with Crippen LogP contribution in [0.25, 0.3) is 88.4 Å². The zero-order valence-electron chi connectivity index (χ0n) is 27.5. The van der Waals surface area contributed by atoms with E-state index in [4.69, 9.17) is 4.98 Å². The molecule has 50 heavy (non-hydrogen) atoms. The van der Waals surface area contributed by atoms with E-state index in [0.29, 0.717) is 0 Å².